The first kappa shape index (κ1) is 20.6. The molecule has 0 saturated carbocycles. The molecule has 1 aromatic carbocycles. The van der Waals surface area contributed by atoms with Crippen LogP contribution in [0.25, 0.3) is 10.7 Å². The van der Waals surface area contributed by atoms with Crippen LogP contribution >= 0.6 is 23.1 Å². The molecule has 0 amide bonds. The number of hydrogen-bond donors (Lipinski definition) is 1. The minimum Gasteiger partial charge on any atom is -0.302 e. The van der Waals surface area contributed by atoms with Crippen LogP contribution in [0.2, 0.25) is 0 Å². The van der Waals surface area contributed by atoms with Crippen molar-refractivity contribution in [2.24, 2.45) is 0 Å². The number of hydrogen-bond acceptors (Lipinski definition) is 7. The van der Waals surface area contributed by atoms with Crippen molar-refractivity contribution >= 4 is 44.6 Å². The average molecular weight is 437 g/mol. The van der Waals surface area contributed by atoms with Gasteiger partial charge in [0.15, 0.2) is 16.8 Å². The zero-order valence-corrected chi connectivity index (χ0v) is 18.1. The molecular weight excluding hydrogens is 416 g/mol. The molecule has 0 aliphatic rings. The van der Waals surface area contributed by atoms with Gasteiger partial charge in [-0.15, -0.1) is 21.5 Å². The molecule has 1 N–H and O–H groups in total. The van der Waals surface area contributed by atoms with Crippen LogP contribution in [0.15, 0.2) is 46.9 Å². The lowest BCUT2D eigenvalue weighted by atomic mass is 10.1. The van der Waals surface area contributed by atoms with Crippen LogP contribution in [0.1, 0.15) is 24.2 Å². The number of carbonyl (C=O) groups is 1. The molecule has 3 aromatic rings. The number of ketones is 1. The molecule has 0 aliphatic heterocycles. The molecule has 0 bridgehead atoms. The van der Waals surface area contributed by atoms with Crippen LogP contribution < -0.4 is 4.72 Å². The van der Waals surface area contributed by atoms with Crippen molar-refractivity contribution in [2.45, 2.75) is 30.8 Å². The fourth-order valence-electron chi connectivity index (χ4n) is 2.61. The lowest BCUT2D eigenvalue weighted by molar-refractivity contribution is 0.0994. The van der Waals surface area contributed by atoms with Crippen molar-refractivity contribution in [2.75, 3.05) is 11.0 Å². The smallest absolute Gasteiger partial charge is 0.229 e. The molecule has 7 nitrogen and oxygen atoms in total. The van der Waals surface area contributed by atoms with Crippen molar-refractivity contribution in [3.63, 3.8) is 0 Å². The number of thiophene rings is 1. The van der Waals surface area contributed by atoms with Gasteiger partial charge in [-0.05, 0) is 49.6 Å². The topological polar surface area (TPSA) is 94.0 Å². The van der Waals surface area contributed by atoms with E-state index in [0.29, 0.717) is 23.0 Å². The molecule has 2 heterocycles. The third-order valence-corrected chi connectivity index (χ3v) is 6.45. The number of Topliss-reactive ketones (excluding diaryl/α,β-unsaturated/α-hetero) is 1. The van der Waals surface area contributed by atoms with E-state index in [9.17, 15) is 13.2 Å². The van der Waals surface area contributed by atoms with Crippen LogP contribution in [0.4, 0.5) is 5.69 Å². The van der Waals surface area contributed by atoms with E-state index in [4.69, 9.17) is 0 Å². The van der Waals surface area contributed by atoms with Crippen LogP contribution in [0, 0.1) is 0 Å². The summed E-state index contributed by atoms with van der Waals surface area (Å²) in [5.74, 6) is 0.745. The largest absolute Gasteiger partial charge is 0.302 e. The standard InChI is InChI=1S/C18H20N4O3S3/c1-4-22-17(15-6-5-11-26-15)19-20-18(22)27-12(2)16(23)13-7-9-14(10-8-13)21-28(3,24)25/h5-12,21H,4H2,1-3H3. The summed E-state index contributed by atoms with van der Waals surface area (Å²) in [4.78, 5) is 13.8. The van der Waals surface area contributed by atoms with E-state index in [2.05, 4.69) is 14.9 Å². The Morgan fingerprint density at radius 2 is 1.96 bits per heavy atom. The third kappa shape index (κ3) is 4.81. The van der Waals surface area contributed by atoms with E-state index < -0.39 is 10.0 Å². The minimum absolute atomic E-state index is 0.0563. The van der Waals surface area contributed by atoms with E-state index in [1.165, 1.54) is 11.8 Å². The van der Waals surface area contributed by atoms with Gasteiger partial charge in [0.05, 0.1) is 16.4 Å². The second kappa shape index (κ2) is 8.46. The first-order chi connectivity index (χ1) is 13.3. The molecule has 0 aliphatic carbocycles. The summed E-state index contributed by atoms with van der Waals surface area (Å²) >= 11 is 2.96. The Morgan fingerprint density at radius 3 is 2.54 bits per heavy atom. The Morgan fingerprint density at radius 1 is 1.25 bits per heavy atom. The highest BCUT2D eigenvalue weighted by atomic mass is 32.2. The Balaban J connectivity index is 1.74. The molecule has 0 saturated heterocycles. The van der Waals surface area contributed by atoms with Crippen LogP contribution in [-0.2, 0) is 16.6 Å². The van der Waals surface area contributed by atoms with Gasteiger partial charge in [-0.3, -0.25) is 9.52 Å². The molecule has 10 heteroatoms. The van der Waals surface area contributed by atoms with E-state index in [1.54, 1.807) is 35.6 Å². The first-order valence-electron chi connectivity index (χ1n) is 8.54. The number of nitrogens with zero attached hydrogens (tertiary/aromatic N) is 3. The molecule has 148 valence electrons. The van der Waals surface area contributed by atoms with Gasteiger partial charge in [0, 0.05) is 17.8 Å². The quantitative estimate of drug-likeness (QED) is 0.427. The maximum atomic E-state index is 12.8. The number of benzene rings is 1. The summed E-state index contributed by atoms with van der Waals surface area (Å²) in [5, 5.41) is 10.9. The van der Waals surface area contributed by atoms with Gasteiger partial charge in [0.1, 0.15) is 0 Å². The number of aromatic nitrogens is 3. The van der Waals surface area contributed by atoms with Crippen LogP contribution in [-0.4, -0.2) is 40.5 Å². The van der Waals surface area contributed by atoms with E-state index in [1.807, 2.05) is 35.9 Å². The van der Waals surface area contributed by atoms with Gasteiger partial charge in [-0.1, -0.05) is 17.8 Å². The summed E-state index contributed by atoms with van der Waals surface area (Å²) in [6.07, 6.45) is 1.08. The predicted molar refractivity (Wildman–Crippen MR) is 114 cm³/mol. The van der Waals surface area contributed by atoms with Crippen molar-refractivity contribution in [3.8, 4) is 10.7 Å². The van der Waals surface area contributed by atoms with Gasteiger partial charge in [-0.25, -0.2) is 8.42 Å². The highest BCUT2D eigenvalue weighted by molar-refractivity contribution is 8.00. The molecule has 0 spiro atoms. The summed E-state index contributed by atoms with van der Waals surface area (Å²) in [5.41, 5.74) is 0.936. The molecular formula is C18H20N4O3S3. The van der Waals surface area contributed by atoms with Crippen molar-refractivity contribution < 1.29 is 13.2 Å². The fraction of sp³-hybridized carbons (Fsp3) is 0.278. The molecule has 2 aromatic heterocycles. The Bertz CT molecular complexity index is 1060. The lowest BCUT2D eigenvalue weighted by Crippen LogP contribution is -2.15. The van der Waals surface area contributed by atoms with Crippen molar-refractivity contribution in [1.82, 2.24) is 14.8 Å². The molecule has 0 radical (unpaired) electrons. The SMILES string of the molecule is CCn1c(SC(C)C(=O)c2ccc(NS(C)(=O)=O)cc2)nnc1-c1cccs1. The van der Waals surface area contributed by atoms with E-state index >= 15 is 0 Å². The summed E-state index contributed by atoms with van der Waals surface area (Å²) in [6, 6.07) is 10.4. The van der Waals surface area contributed by atoms with E-state index in [-0.39, 0.29) is 11.0 Å². The van der Waals surface area contributed by atoms with Gasteiger partial charge in [0.25, 0.3) is 0 Å². The van der Waals surface area contributed by atoms with Crippen molar-refractivity contribution in [1.29, 1.82) is 0 Å². The number of sulfonamides is 1. The van der Waals surface area contributed by atoms with E-state index in [0.717, 1.165) is 17.0 Å². The van der Waals surface area contributed by atoms with Gasteiger partial charge < -0.3 is 4.57 Å². The fourth-order valence-corrected chi connectivity index (χ4v) is 4.88. The zero-order valence-electron chi connectivity index (χ0n) is 15.6. The molecule has 0 fully saturated rings. The highest BCUT2D eigenvalue weighted by Gasteiger charge is 2.21. The maximum Gasteiger partial charge on any atom is 0.229 e. The number of thioether (sulfide) groups is 1. The number of rotatable bonds is 8. The summed E-state index contributed by atoms with van der Waals surface area (Å²) in [7, 11) is -3.35. The number of nitrogens with one attached hydrogen (secondary N) is 1. The lowest BCUT2D eigenvalue weighted by Gasteiger charge is -2.12. The van der Waals surface area contributed by atoms with Crippen LogP contribution in [0.5, 0.6) is 0 Å². The van der Waals surface area contributed by atoms with Gasteiger partial charge >= 0.3 is 0 Å². The van der Waals surface area contributed by atoms with Crippen molar-refractivity contribution in [3.05, 3.63) is 47.3 Å². The summed E-state index contributed by atoms with van der Waals surface area (Å²) < 4.78 is 26.9. The predicted octanol–water partition coefficient (Wildman–Crippen LogP) is 3.76. The first-order valence-corrected chi connectivity index (χ1v) is 12.2. The number of anilines is 1. The monoisotopic (exact) mass is 436 g/mol. The Labute approximate surface area is 172 Å². The zero-order chi connectivity index (χ0) is 20.3. The second-order valence-corrected chi connectivity index (χ2v) is 10.1. The molecule has 28 heavy (non-hydrogen) atoms. The maximum absolute atomic E-state index is 12.8. The second-order valence-electron chi connectivity index (χ2n) is 6.10. The molecule has 1 unspecified atom stereocenters. The Kier molecular flexibility index (Phi) is 6.21. The minimum atomic E-state index is -3.35. The highest BCUT2D eigenvalue weighted by Crippen LogP contribution is 2.30. The van der Waals surface area contributed by atoms with Gasteiger partial charge in [-0.2, -0.15) is 0 Å². The Hall–Kier alpha value is -2.17. The number of carbonyl (C=O) groups excluding carboxylic acids is 1. The third-order valence-electron chi connectivity index (χ3n) is 3.90. The van der Waals surface area contributed by atoms with Gasteiger partial charge in [0.2, 0.25) is 10.0 Å². The average Bonchev–Trinajstić information content (AvgIpc) is 3.29. The van der Waals surface area contributed by atoms with Crippen LogP contribution in [0.3, 0.4) is 0 Å². The molecule has 3 rings (SSSR count). The normalized spacial score (nSPS) is 12.7. The summed E-state index contributed by atoms with van der Waals surface area (Å²) in [6.45, 7) is 4.55. The molecule has 1 atom stereocenters.